The number of nitriles is 1. The molecular weight excluding hydrogens is 210 g/mol. The molecule has 2 atom stereocenters. The van der Waals surface area contributed by atoms with Gasteiger partial charge in [-0.3, -0.25) is 0 Å². The Balaban J connectivity index is 3.31. The number of aliphatic hydroxyl groups excluding tert-OH is 1. The van der Waals surface area contributed by atoms with Crippen molar-refractivity contribution in [1.29, 1.82) is 5.26 Å². The number of benzene rings is 1. The van der Waals surface area contributed by atoms with Crippen molar-refractivity contribution in [3.63, 3.8) is 0 Å². The second kappa shape index (κ2) is 4.89. The molecule has 0 fully saturated rings. The van der Waals surface area contributed by atoms with E-state index in [2.05, 4.69) is 18.2 Å². The standard InChI is InChI=1S/C15H21NO/c1-6-15(5,9-16)14(17)13-11(3)7-10(2)8-12(13)4/h7-8,14,17H,6H2,1-5H3. The van der Waals surface area contributed by atoms with E-state index in [-0.39, 0.29) is 0 Å². The van der Waals surface area contributed by atoms with Crippen molar-refractivity contribution in [3.8, 4) is 6.07 Å². The van der Waals surface area contributed by atoms with E-state index in [4.69, 9.17) is 0 Å². The fourth-order valence-electron chi connectivity index (χ4n) is 2.27. The third-order valence-corrected chi connectivity index (χ3v) is 3.60. The van der Waals surface area contributed by atoms with Crippen LogP contribution in [-0.2, 0) is 0 Å². The summed E-state index contributed by atoms with van der Waals surface area (Å²) in [4.78, 5) is 0. The second-order valence-electron chi connectivity index (χ2n) is 5.10. The van der Waals surface area contributed by atoms with Crippen LogP contribution in [0.15, 0.2) is 12.1 Å². The zero-order chi connectivity index (χ0) is 13.2. The van der Waals surface area contributed by atoms with Crippen molar-refractivity contribution in [2.45, 2.75) is 47.1 Å². The maximum atomic E-state index is 10.5. The molecule has 0 aliphatic heterocycles. The van der Waals surface area contributed by atoms with Gasteiger partial charge in [-0.15, -0.1) is 0 Å². The molecule has 0 radical (unpaired) electrons. The molecule has 2 unspecified atom stereocenters. The first-order valence-corrected chi connectivity index (χ1v) is 6.02. The fraction of sp³-hybridized carbons (Fsp3) is 0.533. The van der Waals surface area contributed by atoms with Gasteiger partial charge in [0.2, 0.25) is 0 Å². The molecule has 17 heavy (non-hydrogen) atoms. The number of hydrogen-bond acceptors (Lipinski definition) is 2. The molecule has 0 saturated carbocycles. The van der Waals surface area contributed by atoms with Gasteiger partial charge in [0.15, 0.2) is 0 Å². The van der Waals surface area contributed by atoms with Crippen LogP contribution >= 0.6 is 0 Å². The van der Waals surface area contributed by atoms with E-state index in [1.54, 1.807) is 0 Å². The third-order valence-electron chi connectivity index (χ3n) is 3.60. The van der Waals surface area contributed by atoms with E-state index in [1.165, 1.54) is 5.56 Å². The minimum absolute atomic E-state index is 0.636. The minimum atomic E-state index is -0.724. The first kappa shape index (κ1) is 13.7. The average molecular weight is 231 g/mol. The average Bonchev–Trinajstić information content (AvgIpc) is 2.26. The van der Waals surface area contributed by atoms with E-state index in [9.17, 15) is 10.4 Å². The number of aryl methyl sites for hydroxylation is 3. The van der Waals surface area contributed by atoms with Gasteiger partial charge in [-0.05, 0) is 50.8 Å². The monoisotopic (exact) mass is 231 g/mol. The first-order valence-electron chi connectivity index (χ1n) is 6.02. The van der Waals surface area contributed by atoms with Gasteiger partial charge < -0.3 is 5.11 Å². The van der Waals surface area contributed by atoms with Crippen LogP contribution in [0.25, 0.3) is 0 Å². The first-order chi connectivity index (χ1) is 7.85. The minimum Gasteiger partial charge on any atom is -0.387 e. The molecule has 92 valence electrons. The number of aliphatic hydroxyl groups is 1. The summed E-state index contributed by atoms with van der Waals surface area (Å²) in [6, 6.07) is 6.35. The van der Waals surface area contributed by atoms with Crippen LogP contribution in [0.5, 0.6) is 0 Å². The highest BCUT2D eigenvalue weighted by Gasteiger charge is 2.34. The lowest BCUT2D eigenvalue weighted by Gasteiger charge is -2.29. The topological polar surface area (TPSA) is 44.0 Å². The van der Waals surface area contributed by atoms with Gasteiger partial charge in [-0.25, -0.2) is 0 Å². The summed E-state index contributed by atoms with van der Waals surface area (Å²) < 4.78 is 0. The lowest BCUT2D eigenvalue weighted by molar-refractivity contribution is 0.0711. The summed E-state index contributed by atoms with van der Waals surface area (Å²) >= 11 is 0. The molecule has 1 aromatic carbocycles. The number of rotatable bonds is 3. The molecular formula is C15H21NO. The zero-order valence-corrected chi connectivity index (χ0v) is 11.3. The Morgan fingerprint density at radius 2 is 1.76 bits per heavy atom. The van der Waals surface area contributed by atoms with Crippen LogP contribution in [0.3, 0.4) is 0 Å². The van der Waals surface area contributed by atoms with Gasteiger partial charge in [-0.2, -0.15) is 5.26 Å². The Labute approximate surface area is 104 Å². The second-order valence-corrected chi connectivity index (χ2v) is 5.10. The molecule has 0 aromatic heterocycles. The third kappa shape index (κ3) is 2.50. The largest absolute Gasteiger partial charge is 0.387 e. The molecule has 0 amide bonds. The molecule has 1 N–H and O–H groups in total. The lowest BCUT2D eigenvalue weighted by Crippen LogP contribution is -2.24. The molecule has 0 bridgehead atoms. The van der Waals surface area contributed by atoms with Crippen LogP contribution in [0.1, 0.15) is 48.6 Å². The lowest BCUT2D eigenvalue weighted by atomic mass is 9.77. The van der Waals surface area contributed by atoms with E-state index < -0.39 is 11.5 Å². The smallest absolute Gasteiger partial charge is 0.0978 e. The number of hydrogen-bond donors (Lipinski definition) is 1. The van der Waals surface area contributed by atoms with Crippen LogP contribution in [0.4, 0.5) is 0 Å². The van der Waals surface area contributed by atoms with Crippen molar-refractivity contribution in [1.82, 2.24) is 0 Å². The summed E-state index contributed by atoms with van der Waals surface area (Å²) in [5.74, 6) is 0. The maximum Gasteiger partial charge on any atom is 0.0978 e. The van der Waals surface area contributed by atoms with Crippen molar-refractivity contribution in [2.75, 3.05) is 0 Å². The highest BCUT2D eigenvalue weighted by molar-refractivity contribution is 5.40. The summed E-state index contributed by atoms with van der Waals surface area (Å²) in [5, 5.41) is 19.7. The van der Waals surface area contributed by atoms with Crippen LogP contribution < -0.4 is 0 Å². The van der Waals surface area contributed by atoms with Gasteiger partial charge in [0.25, 0.3) is 0 Å². The normalized spacial score (nSPS) is 16.1. The van der Waals surface area contributed by atoms with E-state index in [0.717, 1.165) is 16.7 Å². The Hall–Kier alpha value is -1.33. The molecule has 2 heteroatoms. The highest BCUT2D eigenvalue weighted by Crippen LogP contribution is 2.39. The molecule has 1 rings (SSSR count). The van der Waals surface area contributed by atoms with Gasteiger partial charge in [0.1, 0.15) is 0 Å². The van der Waals surface area contributed by atoms with Gasteiger partial charge in [0.05, 0.1) is 17.6 Å². The Morgan fingerprint density at radius 3 is 2.12 bits per heavy atom. The Morgan fingerprint density at radius 1 is 1.29 bits per heavy atom. The molecule has 1 aromatic rings. The van der Waals surface area contributed by atoms with Crippen molar-refractivity contribution in [2.24, 2.45) is 5.41 Å². The van der Waals surface area contributed by atoms with Gasteiger partial charge >= 0.3 is 0 Å². The molecule has 0 spiro atoms. The zero-order valence-electron chi connectivity index (χ0n) is 11.3. The quantitative estimate of drug-likeness (QED) is 0.864. The molecule has 0 heterocycles. The van der Waals surface area contributed by atoms with Crippen molar-refractivity contribution < 1.29 is 5.11 Å². The van der Waals surface area contributed by atoms with Crippen LogP contribution in [-0.4, -0.2) is 5.11 Å². The summed E-state index contributed by atoms with van der Waals surface area (Å²) in [6.07, 6.45) is -0.0876. The highest BCUT2D eigenvalue weighted by atomic mass is 16.3. The van der Waals surface area contributed by atoms with E-state index >= 15 is 0 Å². The predicted octanol–water partition coefficient (Wildman–Crippen LogP) is 3.59. The van der Waals surface area contributed by atoms with E-state index in [1.807, 2.05) is 34.6 Å². The van der Waals surface area contributed by atoms with Gasteiger partial charge in [0, 0.05) is 0 Å². The van der Waals surface area contributed by atoms with Crippen molar-refractivity contribution >= 4 is 0 Å². The van der Waals surface area contributed by atoms with Crippen LogP contribution in [0, 0.1) is 37.5 Å². The molecule has 0 aliphatic rings. The molecule has 2 nitrogen and oxygen atoms in total. The Bertz CT molecular complexity index is 435. The van der Waals surface area contributed by atoms with Gasteiger partial charge in [-0.1, -0.05) is 24.6 Å². The SMILES string of the molecule is CCC(C)(C#N)C(O)c1c(C)cc(C)cc1C. The van der Waals surface area contributed by atoms with Crippen molar-refractivity contribution in [3.05, 3.63) is 34.4 Å². The number of nitrogens with zero attached hydrogens (tertiary/aromatic N) is 1. The Kier molecular flexibility index (Phi) is 3.95. The fourth-order valence-corrected chi connectivity index (χ4v) is 2.27. The summed E-state index contributed by atoms with van der Waals surface area (Å²) in [7, 11) is 0. The maximum absolute atomic E-state index is 10.5. The summed E-state index contributed by atoms with van der Waals surface area (Å²) in [5.41, 5.74) is 3.49. The molecule has 0 saturated heterocycles. The molecule has 0 aliphatic carbocycles. The van der Waals surface area contributed by atoms with E-state index in [0.29, 0.717) is 6.42 Å². The van der Waals surface area contributed by atoms with Crippen LogP contribution in [0.2, 0.25) is 0 Å². The predicted molar refractivity (Wildman–Crippen MR) is 69.6 cm³/mol. The summed E-state index contributed by atoms with van der Waals surface area (Å²) in [6.45, 7) is 9.78.